The zero-order valence-electron chi connectivity index (χ0n) is 14.5. The molecular formula is C15H28N2O5. The Balaban J connectivity index is 4.04. The van der Waals surface area contributed by atoms with E-state index in [1.165, 1.54) is 0 Å². The van der Waals surface area contributed by atoms with Gasteiger partial charge in [0.25, 0.3) is 0 Å². The van der Waals surface area contributed by atoms with Crippen molar-refractivity contribution < 1.29 is 23.9 Å². The third-order valence-electron chi connectivity index (χ3n) is 2.16. The molecule has 22 heavy (non-hydrogen) atoms. The highest BCUT2D eigenvalue weighted by atomic mass is 16.6. The molecule has 0 heterocycles. The van der Waals surface area contributed by atoms with Crippen molar-refractivity contribution in [3.8, 4) is 0 Å². The first-order chi connectivity index (χ1) is 9.80. The number of ether oxygens (including phenoxy) is 2. The average molecular weight is 316 g/mol. The van der Waals surface area contributed by atoms with Gasteiger partial charge in [-0.05, 0) is 48.5 Å². The van der Waals surface area contributed by atoms with E-state index in [9.17, 15) is 14.4 Å². The van der Waals surface area contributed by atoms with Gasteiger partial charge < -0.3 is 20.1 Å². The third kappa shape index (κ3) is 10.9. The van der Waals surface area contributed by atoms with Gasteiger partial charge in [0.2, 0.25) is 5.91 Å². The lowest BCUT2D eigenvalue weighted by Crippen LogP contribution is -2.43. The number of rotatable bonds is 5. The van der Waals surface area contributed by atoms with Crippen LogP contribution >= 0.6 is 0 Å². The summed E-state index contributed by atoms with van der Waals surface area (Å²) >= 11 is 0. The molecule has 0 aliphatic carbocycles. The highest BCUT2D eigenvalue weighted by molar-refractivity contribution is 5.84. The maximum Gasteiger partial charge on any atom is 0.407 e. The van der Waals surface area contributed by atoms with Crippen LogP contribution in [0.3, 0.4) is 0 Å². The lowest BCUT2D eigenvalue weighted by molar-refractivity contribution is -0.158. The zero-order chi connectivity index (χ0) is 17.6. The van der Waals surface area contributed by atoms with E-state index in [1.54, 1.807) is 48.5 Å². The molecule has 0 aromatic rings. The zero-order valence-corrected chi connectivity index (χ0v) is 14.5. The molecule has 0 radical (unpaired) electrons. The first kappa shape index (κ1) is 20.2. The minimum atomic E-state index is -0.742. The smallest absolute Gasteiger partial charge is 0.407 e. The van der Waals surface area contributed by atoms with Crippen LogP contribution in [0.1, 0.15) is 54.9 Å². The molecule has 0 bridgehead atoms. The van der Waals surface area contributed by atoms with Crippen LogP contribution in [-0.2, 0) is 19.1 Å². The monoisotopic (exact) mass is 316 g/mol. The van der Waals surface area contributed by atoms with Crippen LogP contribution in [0.2, 0.25) is 0 Å². The summed E-state index contributed by atoms with van der Waals surface area (Å²) in [6, 6.07) is -0.742. The van der Waals surface area contributed by atoms with Crippen molar-refractivity contribution in [1.82, 2.24) is 10.6 Å². The van der Waals surface area contributed by atoms with Crippen LogP contribution < -0.4 is 10.6 Å². The molecule has 0 unspecified atom stereocenters. The fourth-order valence-electron chi connectivity index (χ4n) is 1.36. The van der Waals surface area contributed by atoms with E-state index in [0.29, 0.717) is 0 Å². The number of alkyl carbamates (subject to hydrolysis) is 1. The molecule has 2 N–H and O–H groups in total. The molecule has 0 aliphatic heterocycles. The summed E-state index contributed by atoms with van der Waals surface area (Å²) in [6.07, 6.45) is -0.535. The molecule has 0 aromatic heterocycles. The van der Waals surface area contributed by atoms with Crippen LogP contribution in [0.15, 0.2) is 0 Å². The molecule has 0 saturated heterocycles. The maximum absolute atomic E-state index is 11.7. The molecule has 0 aliphatic rings. The van der Waals surface area contributed by atoms with Gasteiger partial charge in [-0.3, -0.25) is 4.79 Å². The maximum atomic E-state index is 11.7. The summed E-state index contributed by atoms with van der Waals surface area (Å²) in [4.78, 5) is 34.8. The van der Waals surface area contributed by atoms with Crippen molar-refractivity contribution in [2.45, 2.75) is 72.1 Å². The Morgan fingerprint density at radius 2 is 1.45 bits per heavy atom. The molecule has 0 fully saturated rings. The number of hydrogen-bond donors (Lipinski definition) is 2. The first-order valence-corrected chi connectivity index (χ1v) is 7.29. The second-order valence-electron chi connectivity index (χ2n) is 7.00. The molecule has 0 saturated carbocycles. The molecule has 0 spiro atoms. The number of nitrogens with one attached hydrogen (secondary N) is 2. The summed E-state index contributed by atoms with van der Waals surface area (Å²) in [7, 11) is 0. The highest BCUT2D eigenvalue weighted by Gasteiger charge is 2.23. The minimum Gasteiger partial charge on any atom is -0.458 e. The van der Waals surface area contributed by atoms with Crippen molar-refractivity contribution in [3.05, 3.63) is 0 Å². The van der Waals surface area contributed by atoms with E-state index in [2.05, 4.69) is 10.6 Å². The lowest BCUT2D eigenvalue weighted by atomic mass is 10.2. The number of amides is 2. The van der Waals surface area contributed by atoms with Crippen molar-refractivity contribution in [1.29, 1.82) is 0 Å². The second kappa shape index (κ2) is 8.00. The van der Waals surface area contributed by atoms with Gasteiger partial charge in [-0.2, -0.15) is 0 Å². The average Bonchev–Trinajstić information content (AvgIpc) is 2.23. The second-order valence-corrected chi connectivity index (χ2v) is 7.00. The molecule has 128 valence electrons. The summed E-state index contributed by atoms with van der Waals surface area (Å²) in [5, 5.41) is 4.99. The van der Waals surface area contributed by atoms with E-state index < -0.39 is 29.3 Å². The number of hydrogen-bond acceptors (Lipinski definition) is 5. The summed E-state index contributed by atoms with van der Waals surface area (Å²) in [5.41, 5.74) is -1.19. The molecule has 1 atom stereocenters. The Hall–Kier alpha value is -1.79. The van der Waals surface area contributed by atoms with E-state index in [-0.39, 0.29) is 18.9 Å². The van der Waals surface area contributed by atoms with Gasteiger partial charge in [0, 0.05) is 13.0 Å². The van der Waals surface area contributed by atoms with Gasteiger partial charge >= 0.3 is 12.1 Å². The number of esters is 1. The number of carbonyl (C=O) groups excluding carboxylic acids is 3. The normalized spacial score (nSPS) is 13.0. The van der Waals surface area contributed by atoms with Gasteiger partial charge in [0.05, 0.1) is 0 Å². The Labute approximate surface area is 132 Å². The van der Waals surface area contributed by atoms with Crippen molar-refractivity contribution >= 4 is 18.0 Å². The Kier molecular flexibility index (Phi) is 7.35. The van der Waals surface area contributed by atoms with Crippen LogP contribution in [0.4, 0.5) is 4.79 Å². The standard InChI is InChI=1S/C15H28N2O5/c1-10(12(19)21-14(2,3)4)17-11(18)8-9-16-13(20)22-15(5,6)7/h10H,8-9H2,1-7H3,(H,16,20)(H,17,18)/t10-/m0/s1. The molecule has 7 heteroatoms. The van der Waals surface area contributed by atoms with E-state index in [1.807, 2.05) is 0 Å². The quantitative estimate of drug-likeness (QED) is 0.754. The fourth-order valence-corrected chi connectivity index (χ4v) is 1.36. The van der Waals surface area contributed by atoms with Gasteiger partial charge in [-0.1, -0.05) is 0 Å². The Morgan fingerprint density at radius 1 is 0.955 bits per heavy atom. The Morgan fingerprint density at radius 3 is 1.91 bits per heavy atom. The van der Waals surface area contributed by atoms with Crippen LogP contribution in [0.5, 0.6) is 0 Å². The van der Waals surface area contributed by atoms with Crippen molar-refractivity contribution in [2.75, 3.05) is 6.54 Å². The molecule has 2 amide bonds. The van der Waals surface area contributed by atoms with Gasteiger partial charge in [-0.25, -0.2) is 9.59 Å². The molecule has 0 aromatic carbocycles. The minimum absolute atomic E-state index is 0.0480. The van der Waals surface area contributed by atoms with Crippen LogP contribution in [-0.4, -0.2) is 41.8 Å². The van der Waals surface area contributed by atoms with E-state index in [4.69, 9.17) is 9.47 Å². The number of carbonyl (C=O) groups is 3. The van der Waals surface area contributed by atoms with Crippen LogP contribution in [0.25, 0.3) is 0 Å². The largest absolute Gasteiger partial charge is 0.458 e. The predicted octanol–water partition coefficient (Wildman–Crippen LogP) is 1.75. The van der Waals surface area contributed by atoms with Gasteiger partial charge in [-0.15, -0.1) is 0 Å². The van der Waals surface area contributed by atoms with Crippen LogP contribution in [0, 0.1) is 0 Å². The van der Waals surface area contributed by atoms with E-state index >= 15 is 0 Å². The highest BCUT2D eigenvalue weighted by Crippen LogP contribution is 2.08. The lowest BCUT2D eigenvalue weighted by Gasteiger charge is -2.22. The van der Waals surface area contributed by atoms with Crippen molar-refractivity contribution in [2.24, 2.45) is 0 Å². The summed E-state index contributed by atoms with van der Waals surface area (Å²) in [6.45, 7) is 12.2. The van der Waals surface area contributed by atoms with Crippen molar-refractivity contribution in [3.63, 3.8) is 0 Å². The van der Waals surface area contributed by atoms with E-state index in [0.717, 1.165) is 0 Å². The topological polar surface area (TPSA) is 93.7 Å². The van der Waals surface area contributed by atoms with Gasteiger partial charge in [0.15, 0.2) is 0 Å². The predicted molar refractivity (Wildman–Crippen MR) is 82.3 cm³/mol. The summed E-state index contributed by atoms with van der Waals surface area (Å²) in [5.74, 6) is -0.852. The molecule has 7 nitrogen and oxygen atoms in total. The summed E-state index contributed by atoms with van der Waals surface area (Å²) < 4.78 is 10.2. The fraction of sp³-hybridized carbons (Fsp3) is 0.800. The SMILES string of the molecule is C[C@H](NC(=O)CCNC(=O)OC(C)(C)C)C(=O)OC(C)(C)C. The first-order valence-electron chi connectivity index (χ1n) is 7.29. The van der Waals surface area contributed by atoms with Gasteiger partial charge in [0.1, 0.15) is 17.2 Å². The Bertz CT molecular complexity index is 407. The third-order valence-corrected chi connectivity index (χ3v) is 2.16. The molecule has 0 rings (SSSR count). The molecular weight excluding hydrogens is 288 g/mol.